The van der Waals surface area contributed by atoms with E-state index in [1.54, 1.807) is 12.1 Å². The molecule has 2 heterocycles. The van der Waals surface area contributed by atoms with Crippen molar-refractivity contribution in [3.05, 3.63) is 87.0 Å². The van der Waals surface area contributed by atoms with E-state index < -0.39 is 10.8 Å². The first-order chi connectivity index (χ1) is 16.2. The number of carbonyl (C=O) groups excluding carboxylic acids is 1. The number of hydrogen-bond donors (Lipinski definition) is 1. The zero-order valence-corrected chi connectivity index (χ0v) is 20.4. The monoisotopic (exact) mass is 495 g/mol. The van der Waals surface area contributed by atoms with E-state index in [2.05, 4.69) is 43.2 Å². The molecule has 0 atom stereocenters. The number of rotatable bonds is 7. The van der Waals surface area contributed by atoms with Gasteiger partial charge in [-0.2, -0.15) is 0 Å². The van der Waals surface area contributed by atoms with E-state index in [-0.39, 0.29) is 21.1 Å². The second kappa shape index (κ2) is 9.44. The van der Waals surface area contributed by atoms with Gasteiger partial charge in [-0.05, 0) is 41.2 Å². The van der Waals surface area contributed by atoms with E-state index in [0.717, 1.165) is 33.8 Å². The lowest BCUT2D eigenvalue weighted by molar-refractivity contribution is -0.380. The maximum Gasteiger partial charge on any atom is 0.324 e. The summed E-state index contributed by atoms with van der Waals surface area (Å²) < 4.78 is 13.5. The number of hydrogen-bond acceptors (Lipinski definition) is 6. The van der Waals surface area contributed by atoms with Gasteiger partial charge in [0.15, 0.2) is 5.13 Å². The summed E-state index contributed by atoms with van der Waals surface area (Å²) in [6, 6.07) is 17.0. The molecule has 0 saturated carbocycles. The average molecular weight is 496 g/mol. The summed E-state index contributed by atoms with van der Waals surface area (Å²) >= 11 is 2.07. The number of nitrogens with one attached hydrogen (secondary N) is 1. The van der Waals surface area contributed by atoms with Crippen LogP contribution in [0.3, 0.4) is 0 Å². The Balaban J connectivity index is 1.71. The number of amides is 1. The Hall–Kier alpha value is -3.43. The number of thiazole rings is 1. The molecule has 0 saturated heterocycles. The smallest absolute Gasteiger partial charge is 0.297 e. The zero-order valence-electron chi connectivity index (χ0n) is 18.8. The van der Waals surface area contributed by atoms with Crippen LogP contribution in [0.2, 0.25) is 0 Å². The van der Waals surface area contributed by atoms with Gasteiger partial charge in [-0.25, -0.2) is 9.37 Å². The molecule has 0 aliphatic rings. The van der Waals surface area contributed by atoms with Gasteiger partial charge in [0.1, 0.15) is 5.82 Å². The molecular weight excluding hydrogens is 473 g/mol. The van der Waals surface area contributed by atoms with E-state index in [1.807, 2.05) is 12.1 Å². The molecule has 0 radical (unpaired) electrons. The van der Waals surface area contributed by atoms with Crippen molar-refractivity contribution >= 4 is 38.7 Å². The molecule has 4 aromatic rings. The molecule has 0 aliphatic heterocycles. The maximum absolute atomic E-state index is 13.5. The van der Waals surface area contributed by atoms with Gasteiger partial charge in [0, 0.05) is 11.6 Å². The zero-order chi connectivity index (χ0) is 24.5. The average Bonchev–Trinajstić information content (AvgIpc) is 3.48. The lowest BCUT2D eigenvalue weighted by atomic mass is 9.82. The number of anilines is 1. The summed E-state index contributed by atoms with van der Waals surface area (Å²) in [5.41, 5.74) is 3.58. The van der Waals surface area contributed by atoms with Gasteiger partial charge in [0.25, 0.3) is 5.91 Å². The highest BCUT2D eigenvalue weighted by Gasteiger charge is 2.21. The van der Waals surface area contributed by atoms with Gasteiger partial charge in [-0.1, -0.05) is 79.8 Å². The predicted molar refractivity (Wildman–Crippen MR) is 135 cm³/mol. The molecule has 0 unspecified atom stereocenters. The van der Waals surface area contributed by atoms with Crippen LogP contribution in [0, 0.1) is 15.9 Å². The number of thiophene rings is 1. The van der Waals surface area contributed by atoms with E-state index in [9.17, 15) is 19.3 Å². The largest absolute Gasteiger partial charge is 0.324 e. The van der Waals surface area contributed by atoms with Crippen LogP contribution in [0.15, 0.2) is 60.7 Å². The number of benzene rings is 2. The fraction of sp³-hybridized carbons (Fsp3) is 0.200. The fourth-order valence-electron chi connectivity index (χ4n) is 3.36. The predicted octanol–water partition coefficient (Wildman–Crippen LogP) is 7.53. The first kappa shape index (κ1) is 23.7. The first-order valence-corrected chi connectivity index (χ1v) is 12.2. The number of aromatic nitrogens is 1. The molecule has 0 aliphatic carbocycles. The van der Waals surface area contributed by atoms with Crippen molar-refractivity contribution in [1.82, 2.24) is 4.98 Å². The van der Waals surface area contributed by atoms with Crippen LogP contribution in [-0.2, 0) is 5.41 Å². The Kier molecular flexibility index (Phi) is 6.58. The Morgan fingerprint density at radius 1 is 1.03 bits per heavy atom. The summed E-state index contributed by atoms with van der Waals surface area (Å²) in [5.74, 6) is -0.808. The number of carbonyl (C=O) groups is 1. The molecular formula is C25H22FN3O3S2. The number of halogens is 1. The topological polar surface area (TPSA) is 85.1 Å². The third-order valence-corrected chi connectivity index (χ3v) is 7.83. The Morgan fingerprint density at radius 3 is 2.26 bits per heavy atom. The first-order valence-electron chi connectivity index (χ1n) is 10.6. The van der Waals surface area contributed by atoms with Crippen molar-refractivity contribution < 1.29 is 14.1 Å². The summed E-state index contributed by atoms with van der Waals surface area (Å²) in [6.45, 7) is 6.53. The molecule has 4 rings (SSSR count). The van der Waals surface area contributed by atoms with Crippen molar-refractivity contribution in [2.45, 2.75) is 32.6 Å². The summed E-state index contributed by atoms with van der Waals surface area (Å²) in [7, 11) is 0. The molecule has 174 valence electrons. The molecule has 34 heavy (non-hydrogen) atoms. The second-order valence-corrected chi connectivity index (χ2v) is 10.4. The van der Waals surface area contributed by atoms with Gasteiger partial charge in [0.05, 0.1) is 20.4 Å². The summed E-state index contributed by atoms with van der Waals surface area (Å²) in [4.78, 5) is 28.7. The Labute approximate surface area is 204 Å². The van der Waals surface area contributed by atoms with Crippen LogP contribution in [0.5, 0.6) is 0 Å². The maximum atomic E-state index is 13.5. The molecule has 1 amide bonds. The summed E-state index contributed by atoms with van der Waals surface area (Å²) in [6.07, 6.45) is 1.00. The van der Waals surface area contributed by atoms with E-state index in [1.165, 1.54) is 41.2 Å². The van der Waals surface area contributed by atoms with Crippen LogP contribution in [0.1, 0.15) is 42.4 Å². The van der Waals surface area contributed by atoms with Gasteiger partial charge in [-0.15, -0.1) is 0 Å². The molecule has 0 spiro atoms. The molecule has 2 aromatic heterocycles. The molecule has 9 heteroatoms. The normalized spacial score (nSPS) is 11.4. The molecule has 0 bridgehead atoms. The van der Waals surface area contributed by atoms with Crippen LogP contribution in [0.4, 0.5) is 14.5 Å². The second-order valence-electron chi connectivity index (χ2n) is 8.37. The van der Waals surface area contributed by atoms with E-state index in [0.29, 0.717) is 10.8 Å². The van der Waals surface area contributed by atoms with Crippen LogP contribution >= 0.6 is 22.7 Å². The highest BCUT2D eigenvalue weighted by Crippen LogP contribution is 2.40. The van der Waals surface area contributed by atoms with Crippen molar-refractivity contribution in [2.75, 3.05) is 5.32 Å². The molecule has 2 aromatic carbocycles. The van der Waals surface area contributed by atoms with Crippen molar-refractivity contribution in [1.29, 1.82) is 0 Å². The minimum Gasteiger partial charge on any atom is -0.297 e. The van der Waals surface area contributed by atoms with Gasteiger partial charge < -0.3 is 0 Å². The lowest BCUT2D eigenvalue weighted by Gasteiger charge is -2.23. The van der Waals surface area contributed by atoms with Crippen LogP contribution in [0.25, 0.3) is 21.7 Å². The standard InChI is InChI=1S/C25H22FN3O3S2/c1-4-25(2,3)17-9-5-15(6-10-17)21-22(16-7-11-18(26)12-8-16)34-24(27-21)28-23(30)19-13-14-20(33-19)29(31)32/h5-14H,4H2,1-3H3,(H,27,28,30). The van der Waals surface area contributed by atoms with Crippen molar-refractivity contribution in [3.8, 4) is 21.7 Å². The molecule has 6 nitrogen and oxygen atoms in total. The molecule has 0 fully saturated rings. The number of nitro groups is 1. The van der Waals surface area contributed by atoms with Gasteiger partial charge in [-0.3, -0.25) is 20.2 Å². The summed E-state index contributed by atoms with van der Waals surface area (Å²) in [5, 5.41) is 13.9. The number of nitrogens with zero attached hydrogens (tertiary/aromatic N) is 2. The fourth-order valence-corrected chi connectivity index (χ4v) is 5.06. The van der Waals surface area contributed by atoms with Crippen molar-refractivity contribution in [2.24, 2.45) is 0 Å². The van der Waals surface area contributed by atoms with Crippen LogP contribution in [-0.4, -0.2) is 15.8 Å². The Bertz CT molecular complexity index is 1340. The van der Waals surface area contributed by atoms with Gasteiger partial charge >= 0.3 is 5.00 Å². The minimum atomic E-state index is -0.529. The van der Waals surface area contributed by atoms with Crippen LogP contribution < -0.4 is 5.32 Å². The van der Waals surface area contributed by atoms with Gasteiger partial charge in [0.2, 0.25) is 0 Å². The third-order valence-electron chi connectivity index (χ3n) is 5.77. The SMILES string of the molecule is CCC(C)(C)c1ccc(-c2nc(NC(=O)c3ccc([N+](=O)[O-])s3)sc2-c2ccc(F)cc2)cc1. The Morgan fingerprint density at radius 2 is 1.68 bits per heavy atom. The minimum absolute atomic E-state index is 0.0445. The molecule has 1 N–H and O–H groups in total. The third kappa shape index (κ3) is 4.90. The van der Waals surface area contributed by atoms with E-state index in [4.69, 9.17) is 0 Å². The quantitative estimate of drug-likeness (QED) is 0.212. The van der Waals surface area contributed by atoms with E-state index >= 15 is 0 Å². The highest BCUT2D eigenvalue weighted by atomic mass is 32.1. The highest BCUT2D eigenvalue weighted by molar-refractivity contribution is 7.20. The lowest BCUT2D eigenvalue weighted by Crippen LogP contribution is -2.14. The van der Waals surface area contributed by atoms with Crippen molar-refractivity contribution in [3.63, 3.8) is 0 Å².